The Morgan fingerprint density at radius 2 is 0.603 bits per heavy atom. The molecule has 3 heteroatoms. The third kappa shape index (κ3) is 30.0. The van der Waals surface area contributed by atoms with Gasteiger partial charge in [0.25, 0.3) is 0 Å². The molecule has 1 heterocycles. The van der Waals surface area contributed by atoms with Gasteiger partial charge < -0.3 is 19.4 Å². The van der Waals surface area contributed by atoms with Crippen LogP contribution in [-0.4, -0.2) is 4.70 Å². The largest absolute Gasteiger partial charge is 2.00 e. The zero-order valence-corrected chi connectivity index (χ0v) is 47.7. The topological polar surface area (TPSA) is 25.3 Å². The van der Waals surface area contributed by atoms with Crippen molar-refractivity contribution in [1.82, 2.24) is 0 Å². The van der Waals surface area contributed by atoms with Crippen LogP contribution in [0.2, 0.25) is 0 Å². The third-order valence-electron chi connectivity index (χ3n) is 13.9. The van der Waals surface area contributed by atoms with Gasteiger partial charge in [-0.05, 0) is 118 Å². The van der Waals surface area contributed by atoms with Crippen LogP contribution in [0.3, 0.4) is 0 Å². The molecule has 3 rings (SSSR count). The molecule has 0 spiro atoms. The Hall–Kier alpha value is -1.99. The van der Waals surface area contributed by atoms with Crippen LogP contribution >= 0.6 is 0 Å². The van der Waals surface area contributed by atoms with Gasteiger partial charge in [0.1, 0.15) is 0 Å². The third-order valence-corrected chi connectivity index (χ3v) is 13.9. The maximum Gasteiger partial charge on any atom is 2.00 e. The van der Waals surface area contributed by atoms with E-state index in [0.717, 1.165) is 69.2 Å². The van der Waals surface area contributed by atoms with E-state index in [0.29, 0.717) is 0 Å². The molecule has 0 N–H and O–H groups in total. The summed E-state index contributed by atoms with van der Waals surface area (Å²) in [6.45, 7) is 25.9. The maximum absolute atomic E-state index is 12.1. The van der Waals surface area contributed by atoms with Crippen LogP contribution in [0.5, 0.6) is 0 Å². The van der Waals surface area contributed by atoms with Crippen molar-refractivity contribution in [3.8, 4) is 0 Å². The second kappa shape index (κ2) is 46.1. The Bertz CT molecular complexity index is 1520. The Morgan fingerprint density at radius 1 is 0.338 bits per heavy atom. The molecule has 0 atom stereocenters. The summed E-state index contributed by atoms with van der Waals surface area (Å²) in [6.07, 6.45) is 50.7. The van der Waals surface area contributed by atoms with Gasteiger partial charge in [0, 0.05) is 22.3 Å². The van der Waals surface area contributed by atoms with Gasteiger partial charge in [-0.1, -0.05) is 234 Å². The summed E-state index contributed by atoms with van der Waals surface area (Å²) >= 11 is 0. The fraction of sp³-hybridized carbons (Fsp3) is 0.723. The minimum Gasteiger partial charge on any atom is -0.493 e. The van der Waals surface area contributed by atoms with Crippen molar-refractivity contribution < 1.29 is 21.2 Å². The second-order valence-electron chi connectivity index (χ2n) is 20.5. The first-order chi connectivity index (χ1) is 32.8. The van der Waals surface area contributed by atoms with E-state index in [4.69, 9.17) is 0 Å². The molecule has 1 aliphatic heterocycles. The first-order valence-corrected chi connectivity index (χ1v) is 29.6. The Labute approximate surface area is 436 Å². The van der Waals surface area contributed by atoms with Gasteiger partial charge in [-0.2, -0.15) is 12.8 Å². The molecule has 0 aliphatic carbocycles. The fourth-order valence-corrected chi connectivity index (χ4v) is 9.64. The Kier molecular flexibility index (Phi) is 44.8. The zero-order chi connectivity index (χ0) is 49.2. The molecule has 0 fully saturated rings. The molecule has 392 valence electrons. The van der Waals surface area contributed by atoms with Crippen molar-refractivity contribution in [3.05, 3.63) is 100 Å². The number of unbranched alkanes of at least 4 members (excludes halogenated alkanes) is 27. The number of hydrogen-bond acceptors (Lipinski definition) is 0. The van der Waals surface area contributed by atoms with Gasteiger partial charge in [0.2, 0.25) is 11.4 Å². The minimum atomic E-state index is 0. The fourth-order valence-electron chi connectivity index (χ4n) is 9.64. The van der Waals surface area contributed by atoms with Crippen LogP contribution in [0.1, 0.15) is 313 Å². The van der Waals surface area contributed by atoms with Gasteiger partial charge in [0.15, 0.2) is 0 Å². The molecule has 2 aromatic rings. The van der Waals surface area contributed by atoms with Gasteiger partial charge in [-0.25, -0.2) is 4.70 Å². The number of benzene rings is 2. The van der Waals surface area contributed by atoms with E-state index in [1.807, 2.05) is 0 Å². The molecule has 0 saturated heterocycles. The summed E-state index contributed by atoms with van der Waals surface area (Å²) in [5.74, 6) is 0. The average molecular weight is 980 g/mol. The van der Waals surface area contributed by atoms with Gasteiger partial charge in [-0.15, -0.1) is 0 Å². The molecule has 0 aromatic heterocycles. The summed E-state index contributed by atoms with van der Waals surface area (Å²) in [5.41, 5.74) is 24.7. The summed E-state index contributed by atoms with van der Waals surface area (Å²) in [5, 5.41) is 0. The summed E-state index contributed by atoms with van der Waals surface area (Å²) in [4.78, 5) is 0. The van der Waals surface area contributed by atoms with E-state index in [2.05, 4.69) is 106 Å². The monoisotopic (exact) mass is 979 g/mol. The van der Waals surface area contributed by atoms with Crippen molar-refractivity contribution in [3.63, 3.8) is 0 Å². The number of allylic oxidation sites excluding steroid dienone is 2. The molecule has 0 amide bonds. The molecule has 0 bridgehead atoms. The van der Waals surface area contributed by atoms with Crippen LogP contribution in [0, 0.1) is 13.8 Å². The van der Waals surface area contributed by atoms with Crippen molar-refractivity contribution >= 4 is 11.4 Å². The normalized spacial score (nSPS) is 12.3. The van der Waals surface area contributed by atoms with Crippen LogP contribution in [-0.2, 0) is 42.2 Å². The molecule has 0 unspecified atom stereocenters. The molecule has 0 saturated carbocycles. The standard InChI is InChI=1S/C39H58N2.2C13H27.Ni/c1-7-12-17-21-33-24-31(19-14-9-3)26-35(27-33)38-30(6)37(23-16-11-5)39(41(38)40)36-28-32(20-15-10-4)25-34(29-36)22-18-13-8-2;2*1-3-5-7-9-11-13-12-10-8-6-4-2;/h24-29H,7-23H2,1-6H3;2*1,3-13H2,2H3;/q;2*-1;+2. The molecule has 2 nitrogen and oxygen atoms in total. The first kappa shape index (κ1) is 66.0. The van der Waals surface area contributed by atoms with Crippen LogP contribution in [0.15, 0.2) is 47.5 Å². The van der Waals surface area contributed by atoms with Crippen molar-refractivity contribution in [2.75, 3.05) is 0 Å². The van der Waals surface area contributed by atoms with Gasteiger partial charge >= 0.3 is 16.5 Å². The number of rotatable bonds is 39. The van der Waals surface area contributed by atoms with Crippen LogP contribution in [0.25, 0.3) is 16.9 Å². The molecular weight excluding hydrogens is 867 g/mol. The van der Waals surface area contributed by atoms with Crippen molar-refractivity contribution in [2.24, 2.45) is 0 Å². The van der Waals surface area contributed by atoms with Crippen LogP contribution < -0.4 is 0 Å². The molecule has 2 aromatic carbocycles. The van der Waals surface area contributed by atoms with Crippen molar-refractivity contribution in [2.45, 2.75) is 306 Å². The van der Waals surface area contributed by atoms with E-state index in [-0.39, 0.29) is 16.5 Å². The summed E-state index contributed by atoms with van der Waals surface area (Å²) in [7, 11) is 0. The molecule has 68 heavy (non-hydrogen) atoms. The second-order valence-corrected chi connectivity index (χ2v) is 20.5. The Morgan fingerprint density at radius 3 is 0.926 bits per heavy atom. The van der Waals surface area contributed by atoms with Crippen LogP contribution in [0.4, 0.5) is 0 Å². The molecular formula is C65H112N2Ni. The predicted molar refractivity (Wildman–Crippen MR) is 303 cm³/mol. The summed E-state index contributed by atoms with van der Waals surface area (Å²) in [6, 6.07) is 14.3. The Balaban J connectivity index is 0.00000136. The average Bonchev–Trinajstić information content (AvgIpc) is 3.59. The zero-order valence-electron chi connectivity index (χ0n) is 46.7. The number of aryl methyl sites for hydroxylation is 4. The van der Waals surface area contributed by atoms with Gasteiger partial charge in [0.05, 0.1) is 0 Å². The van der Waals surface area contributed by atoms with E-state index >= 15 is 0 Å². The van der Waals surface area contributed by atoms with E-state index < -0.39 is 0 Å². The summed E-state index contributed by atoms with van der Waals surface area (Å²) < 4.78 is 1.57. The smallest absolute Gasteiger partial charge is 0.493 e. The maximum atomic E-state index is 12.1. The van der Waals surface area contributed by atoms with Crippen molar-refractivity contribution in [1.29, 1.82) is 0 Å². The van der Waals surface area contributed by atoms with E-state index in [9.17, 15) is 5.53 Å². The van der Waals surface area contributed by atoms with Gasteiger partial charge in [-0.3, -0.25) is 0 Å². The molecule has 1 aliphatic rings. The number of hydrogen-bond donors (Lipinski definition) is 0. The minimum absolute atomic E-state index is 0. The quantitative estimate of drug-likeness (QED) is 0.0276. The molecule has 0 radical (unpaired) electrons. The number of nitrogens with zero attached hydrogens (tertiary/aromatic N) is 2. The van der Waals surface area contributed by atoms with E-state index in [1.165, 1.54) is 237 Å². The first-order valence-electron chi connectivity index (χ1n) is 29.6. The van der Waals surface area contributed by atoms with E-state index in [1.54, 1.807) is 4.70 Å². The SMILES string of the molecule is CCCCCc1cc(CCCC)cc(C2=C(C)C(CCCC)=C(c3cc(CCCC)cc(CCCCC)c3)[N+]2=[N-])c1.[CH2-]CCCCCCCCCCCC.[CH2-]CCCCCCCCCCCC.[Ni+2]. The predicted octanol–water partition coefficient (Wildman–Crippen LogP) is 22.5.